The van der Waals surface area contributed by atoms with E-state index in [-0.39, 0.29) is 11.6 Å². The third-order valence-electron chi connectivity index (χ3n) is 4.43. The largest absolute Gasteiger partial charge is 0.370 e. The van der Waals surface area contributed by atoms with Gasteiger partial charge in [-0.2, -0.15) is 0 Å². The van der Waals surface area contributed by atoms with Crippen LogP contribution in [0.1, 0.15) is 17.5 Å². The summed E-state index contributed by atoms with van der Waals surface area (Å²) in [5, 5.41) is 1.12. The average Bonchev–Trinajstić information content (AvgIpc) is 3.07. The molecule has 5 heteroatoms. The van der Waals surface area contributed by atoms with Gasteiger partial charge < -0.3 is 14.7 Å². The van der Waals surface area contributed by atoms with Crippen LogP contribution in [0.15, 0.2) is 88.5 Å². The highest BCUT2D eigenvalue weighted by atomic mass is 15.1. The van der Waals surface area contributed by atoms with Gasteiger partial charge in [-0.25, -0.2) is 0 Å². The van der Waals surface area contributed by atoms with Crippen molar-refractivity contribution in [2.45, 2.75) is 6.42 Å². The van der Waals surface area contributed by atoms with E-state index in [0.29, 0.717) is 12.1 Å². The van der Waals surface area contributed by atoms with E-state index < -0.39 is 0 Å². The molecule has 4 rings (SSSR count). The van der Waals surface area contributed by atoms with Gasteiger partial charge in [-0.05, 0) is 23.8 Å². The van der Waals surface area contributed by atoms with E-state index >= 15 is 0 Å². The summed E-state index contributed by atoms with van der Waals surface area (Å²) in [5.74, 6) is 0.0591. The van der Waals surface area contributed by atoms with Gasteiger partial charge in [-0.3, -0.25) is 0 Å². The maximum Gasteiger partial charge on any atom is 0.293 e. The number of hydrogen-bond acceptors (Lipinski definition) is 2. The number of para-hydroxylation sites is 1. The molecule has 1 N–H and O–H groups in total. The normalized spacial score (nSPS) is 14.4. The molecule has 3 aromatic rings. The lowest BCUT2D eigenvalue weighted by Gasteiger charge is -2.00. The van der Waals surface area contributed by atoms with Crippen LogP contribution < -0.4 is 0 Å². The molecule has 0 spiro atoms. The van der Waals surface area contributed by atoms with Gasteiger partial charge in [-0.1, -0.05) is 61.7 Å². The van der Waals surface area contributed by atoms with Crippen molar-refractivity contribution >= 4 is 28.4 Å². The van der Waals surface area contributed by atoms with Crippen molar-refractivity contribution in [3.63, 3.8) is 0 Å². The van der Waals surface area contributed by atoms with E-state index in [1.54, 1.807) is 0 Å². The molecule has 0 saturated heterocycles. The molecule has 0 amide bonds. The Balaban J connectivity index is 1.75. The van der Waals surface area contributed by atoms with E-state index in [1.165, 1.54) is 0 Å². The number of benzene rings is 2. The van der Waals surface area contributed by atoms with Gasteiger partial charge in [0.25, 0.3) is 11.6 Å². The standard InChI is InChI=1S/C23H15N5/c1-24-22-23(25-2)28-21(16-8-4-3-5-9-16)14-18(27-22)13-12-17-15-26-20-11-7-6-10-19(17)20/h3-13,15,26H,14H2. The van der Waals surface area contributed by atoms with Gasteiger partial charge in [0.15, 0.2) is 0 Å². The van der Waals surface area contributed by atoms with Crippen molar-refractivity contribution in [1.82, 2.24) is 4.98 Å². The molecule has 2 aromatic carbocycles. The number of H-pyrrole nitrogens is 1. The van der Waals surface area contributed by atoms with Crippen LogP contribution in [0.4, 0.5) is 0 Å². The molecule has 5 nitrogen and oxygen atoms in total. The Kier molecular flexibility index (Phi) is 4.65. The van der Waals surface area contributed by atoms with Crippen LogP contribution in [0.2, 0.25) is 0 Å². The molecular weight excluding hydrogens is 346 g/mol. The first-order valence-corrected chi connectivity index (χ1v) is 8.72. The van der Waals surface area contributed by atoms with Crippen molar-refractivity contribution in [3.05, 3.63) is 112 Å². The number of nitrogens with one attached hydrogen (secondary N) is 1. The highest BCUT2D eigenvalue weighted by Gasteiger charge is 2.20. The summed E-state index contributed by atoms with van der Waals surface area (Å²) in [5.41, 5.74) is 4.45. The van der Waals surface area contributed by atoms with Crippen molar-refractivity contribution in [2.24, 2.45) is 9.98 Å². The van der Waals surface area contributed by atoms with Crippen molar-refractivity contribution in [2.75, 3.05) is 0 Å². The van der Waals surface area contributed by atoms with Crippen molar-refractivity contribution in [3.8, 4) is 0 Å². The summed E-state index contributed by atoms with van der Waals surface area (Å²) >= 11 is 0. The zero-order valence-electron chi connectivity index (χ0n) is 14.9. The van der Waals surface area contributed by atoms with E-state index in [4.69, 9.17) is 13.1 Å². The van der Waals surface area contributed by atoms with Crippen LogP contribution in [-0.2, 0) is 0 Å². The van der Waals surface area contributed by atoms with Gasteiger partial charge in [-0.15, -0.1) is 9.98 Å². The Morgan fingerprint density at radius 2 is 1.57 bits per heavy atom. The first kappa shape index (κ1) is 17.2. The van der Waals surface area contributed by atoms with E-state index in [9.17, 15) is 0 Å². The molecule has 1 aliphatic rings. The van der Waals surface area contributed by atoms with Crippen molar-refractivity contribution < 1.29 is 0 Å². The summed E-state index contributed by atoms with van der Waals surface area (Å²) in [7, 11) is 0. The molecule has 0 bridgehead atoms. The lowest BCUT2D eigenvalue weighted by molar-refractivity contribution is 1.28. The molecule has 132 valence electrons. The van der Waals surface area contributed by atoms with Crippen LogP contribution in [0.3, 0.4) is 0 Å². The van der Waals surface area contributed by atoms with E-state index in [1.807, 2.05) is 66.9 Å². The lowest BCUT2D eigenvalue weighted by atomic mass is 10.0. The zero-order chi connectivity index (χ0) is 19.3. The molecule has 2 heterocycles. The number of allylic oxidation sites excluding steroid dienone is 1. The van der Waals surface area contributed by atoms with Gasteiger partial charge in [0.1, 0.15) is 11.4 Å². The summed E-state index contributed by atoms with van der Waals surface area (Å²) in [6.07, 6.45) is 6.26. The molecule has 0 fully saturated rings. The quantitative estimate of drug-likeness (QED) is 0.601. The Labute approximate surface area is 162 Å². The van der Waals surface area contributed by atoms with Crippen molar-refractivity contribution in [1.29, 1.82) is 0 Å². The number of aliphatic imine (C=N–C) groups is 2. The summed E-state index contributed by atoms with van der Waals surface area (Å²) in [6.45, 7) is 14.8. The minimum absolute atomic E-state index is 0.0273. The summed E-state index contributed by atoms with van der Waals surface area (Å²) in [4.78, 5) is 18.9. The number of aromatic amines is 1. The molecule has 0 aliphatic carbocycles. The Hall–Kier alpha value is -4.22. The molecule has 1 aromatic heterocycles. The second-order valence-corrected chi connectivity index (χ2v) is 6.20. The van der Waals surface area contributed by atoms with E-state index in [0.717, 1.165) is 27.7 Å². The fourth-order valence-corrected chi connectivity index (χ4v) is 3.08. The minimum atomic E-state index is 0.0273. The third-order valence-corrected chi connectivity index (χ3v) is 4.43. The summed E-state index contributed by atoms with van der Waals surface area (Å²) < 4.78 is 0. The second kappa shape index (κ2) is 7.57. The average molecular weight is 361 g/mol. The van der Waals surface area contributed by atoms with Crippen LogP contribution in [0.25, 0.3) is 26.7 Å². The molecule has 1 aliphatic heterocycles. The fourth-order valence-electron chi connectivity index (χ4n) is 3.08. The number of aromatic nitrogens is 1. The van der Waals surface area contributed by atoms with Crippen LogP contribution in [-0.4, -0.2) is 16.4 Å². The molecule has 0 unspecified atom stereocenters. The Bertz CT molecular complexity index is 1240. The van der Waals surface area contributed by atoms with Gasteiger partial charge in [0.05, 0.1) is 6.42 Å². The Morgan fingerprint density at radius 3 is 2.36 bits per heavy atom. The highest BCUT2D eigenvalue weighted by molar-refractivity contribution is 6.18. The topological polar surface area (TPSA) is 49.2 Å². The van der Waals surface area contributed by atoms with Crippen LogP contribution in [0, 0.1) is 13.1 Å². The van der Waals surface area contributed by atoms with Gasteiger partial charge in [0.2, 0.25) is 0 Å². The number of rotatable bonds is 3. The lowest BCUT2D eigenvalue weighted by Crippen LogP contribution is -2.06. The second-order valence-electron chi connectivity index (χ2n) is 6.20. The molecular formula is C23H15N5. The predicted octanol–water partition coefficient (Wildman–Crippen LogP) is 5.48. The Morgan fingerprint density at radius 1 is 0.857 bits per heavy atom. The summed E-state index contributed by atoms with van der Waals surface area (Å²) in [6, 6.07) is 17.8. The van der Waals surface area contributed by atoms with E-state index in [2.05, 4.69) is 30.7 Å². The van der Waals surface area contributed by atoms with Gasteiger partial charge >= 0.3 is 0 Å². The third kappa shape index (κ3) is 3.38. The smallest absolute Gasteiger partial charge is 0.293 e. The highest BCUT2D eigenvalue weighted by Crippen LogP contribution is 2.22. The minimum Gasteiger partial charge on any atom is -0.370 e. The fraction of sp³-hybridized carbons (Fsp3) is 0.0435. The molecule has 28 heavy (non-hydrogen) atoms. The van der Waals surface area contributed by atoms with Crippen LogP contribution in [0.5, 0.6) is 0 Å². The maximum absolute atomic E-state index is 7.39. The first-order chi connectivity index (χ1) is 13.8. The first-order valence-electron chi connectivity index (χ1n) is 8.72. The SMILES string of the molecule is [C-]#[N+]C1=C([N+]#[C-])N=C(c2ccccc2)CC(C=Cc2c[nH]c3ccccc23)=N1. The van der Waals surface area contributed by atoms with Gasteiger partial charge in [0, 0.05) is 22.7 Å². The molecule has 0 saturated carbocycles. The monoisotopic (exact) mass is 361 g/mol. The number of fused-ring (bicyclic) bond motifs is 1. The predicted molar refractivity (Wildman–Crippen MR) is 113 cm³/mol. The molecule has 0 atom stereocenters. The van der Waals surface area contributed by atoms with Crippen LogP contribution >= 0.6 is 0 Å². The zero-order valence-corrected chi connectivity index (χ0v) is 14.9. The number of nitrogens with zero attached hydrogens (tertiary/aromatic N) is 4. The maximum atomic E-state index is 7.39. The number of hydrogen-bond donors (Lipinski definition) is 1. The molecule has 0 radical (unpaired) electrons.